The van der Waals surface area contributed by atoms with E-state index in [-0.39, 0.29) is 5.41 Å². The number of fused-ring (bicyclic) bond motifs is 4. The van der Waals surface area contributed by atoms with Crippen molar-refractivity contribution in [2.75, 3.05) is 13.1 Å². The first-order valence-electron chi connectivity index (χ1n) is 11.5. The van der Waals surface area contributed by atoms with E-state index in [0.717, 1.165) is 49.4 Å². The molecule has 32 heavy (non-hydrogen) atoms. The highest BCUT2D eigenvalue weighted by Crippen LogP contribution is 2.50. The van der Waals surface area contributed by atoms with Crippen LogP contribution in [0.3, 0.4) is 0 Å². The third-order valence-corrected chi connectivity index (χ3v) is 8.03. The zero-order valence-electron chi connectivity index (χ0n) is 18.0. The van der Waals surface area contributed by atoms with Gasteiger partial charge in [0.2, 0.25) is 0 Å². The van der Waals surface area contributed by atoms with Gasteiger partial charge in [-0.15, -0.1) is 0 Å². The second-order valence-corrected chi connectivity index (χ2v) is 9.91. The second-order valence-electron chi connectivity index (χ2n) is 9.50. The number of hydrogen-bond acceptors (Lipinski definition) is 2. The summed E-state index contributed by atoms with van der Waals surface area (Å²) in [6.45, 7) is 3.08. The Morgan fingerprint density at radius 3 is 2.72 bits per heavy atom. The van der Waals surface area contributed by atoms with E-state index in [4.69, 9.17) is 11.6 Å². The van der Waals surface area contributed by atoms with Crippen LogP contribution in [0.25, 0.3) is 10.9 Å². The SMILES string of the molecule is Oc1cccc(C23CCN(Cc4ccccc4)CC2Cc2c([nH]c4cccc(Cl)c24)C3)c1. The Morgan fingerprint density at radius 2 is 1.88 bits per heavy atom. The van der Waals surface area contributed by atoms with Gasteiger partial charge in [-0.25, -0.2) is 0 Å². The molecule has 3 nitrogen and oxygen atoms in total. The van der Waals surface area contributed by atoms with Crippen LogP contribution < -0.4 is 0 Å². The third-order valence-electron chi connectivity index (χ3n) is 7.71. The zero-order valence-corrected chi connectivity index (χ0v) is 18.8. The lowest BCUT2D eigenvalue weighted by atomic mass is 9.58. The molecule has 1 saturated heterocycles. The van der Waals surface area contributed by atoms with Crippen molar-refractivity contribution >= 4 is 22.5 Å². The number of phenols is 1. The van der Waals surface area contributed by atoms with Gasteiger partial charge in [-0.1, -0.05) is 60.1 Å². The molecule has 4 aromatic rings. The highest BCUT2D eigenvalue weighted by molar-refractivity contribution is 6.35. The van der Waals surface area contributed by atoms with Gasteiger partial charge in [0, 0.05) is 35.1 Å². The molecule has 1 aromatic heterocycles. The Morgan fingerprint density at radius 1 is 1.03 bits per heavy atom. The highest BCUT2D eigenvalue weighted by Gasteiger charge is 2.48. The molecule has 0 saturated carbocycles. The van der Waals surface area contributed by atoms with Gasteiger partial charge in [0.1, 0.15) is 5.75 Å². The van der Waals surface area contributed by atoms with E-state index in [1.807, 2.05) is 24.3 Å². The standard InChI is InChI=1S/C28H27ClN2O/c29-24-10-5-11-25-27(24)23-15-21-18-31(17-19-6-2-1-3-7-19)13-12-28(21,16-26(23)30-25)20-8-4-9-22(32)14-20/h1-11,14,21,30,32H,12-13,15-18H2. The molecule has 0 radical (unpaired) electrons. The number of aromatic amines is 1. The molecule has 1 aliphatic heterocycles. The van der Waals surface area contributed by atoms with E-state index >= 15 is 0 Å². The number of phenolic OH excluding ortho intramolecular Hbond substituents is 1. The van der Waals surface area contributed by atoms with Crippen molar-refractivity contribution in [2.45, 2.75) is 31.2 Å². The first-order chi connectivity index (χ1) is 15.6. The average molecular weight is 443 g/mol. The summed E-state index contributed by atoms with van der Waals surface area (Å²) in [5, 5.41) is 12.3. The van der Waals surface area contributed by atoms with Gasteiger partial charge in [0.15, 0.2) is 0 Å². The molecule has 3 aromatic carbocycles. The maximum atomic E-state index is 10.3. The van der Waals surface area contributed by atoms with Crippen molar-refractivity contribution in [3.63, 3.8) is 0 Å². The molecular weight excluding hydrogens is 416 g/mol. The minimum absolute atomic E-state index is 0.0201. The number of H-pyrrole nitrogens is 1. The Balaban J connectivity index is 1.42. The maximum absolute atomic E-state index is 10.3. The molecule has 2 aliphatic rings. The Bertz CT molecular complexity index is 1280. The minimum Gasteiger partial charge on any atom is -0.508 e. The van der Waals surface area contributed by atoms with E-state index in [9.17, 15) is 5.11 Å². The van der Waals surface area contributed by atoms with Crippen LogP contribution in [0.15, 0.2) is 72.8 Å². The Hall–Kier alpha value is -2.75. The molecule has 0 amide bonds. The van der Waals surface area contributed by atoms with Crippen LogP contribution in [0.2, 0.25) is 5.02 Å². The average Bonchev–Trinajstić information content (AvgIpc) is 3.16. The number of aromatic nitrogens is 1. The maximum Gasteiger partial charge on any atom is 0.115 e. The van der Waals surface area contributed by atoms with Crippen LogP contribution >= 0.6 is 11.6 Å². The first-order valence-corrected chi connectivity index (χ1v) is 11.8. The van der Waals surface area contributed by atoms with Crippen molar-refractivity contribution in [3.8, 4) is 5.75 Å². The lowest BCUT2D eigenvalue weighted by Crippen LogP contribution is -2.53. The molecule has 2 N–H and O–H groups in total. The monoisotopic (exact) mass is 442 g/mol. The van der Waals surface area contributed by atoms with Crippen LogP contribution in [0.4, 0.5) is 0 Å². The van der Waals surface area contributed by atoms with E-state index < -0.39 is 0 Å². The number of nitrogens with zero attached hydrogens (tertiary/aromatic N) is 1. The lowest BCUT2D eigenvalue weighted by Gasteiger charge is -2.51. The summed E-state index contributed by atoms with van der Waals surface area (Å²) in [7, 11) is 0. The van der Waals surface area contributed by atoms with Gasteiger partial charge >= 0.3 is 0 Å². The first kappa shape index (κ1) is 19.9. The van der Waals surface area contributed by atoms with Gasteiger partial charge in [-0.2, -0.15) is 0 Å². The highest BCUT2D eigenvalue weighted by atomic mass is 35.5. The summed E-state index contributed by atoms with van der Waals surface area (Å²) < 4.78 is 0. The number of likely N-dealkylation sites (tertiary alicyclic amines) is 1. The Kier molecular flexibility index (Phi) is 4.78. The van der Waals surface area contributed by atoms with Crippen molar-refractivity contribution in [1.82, 2.24) is 9.88 Å². The zero-order chi connectivity index (χ0) is 21.7. The summed E-state index contributed by atoms with van der Waals surface area (Å²) in [5.74, 6) is 0.817. The van der Waals surface area contributed by atoms with Crippen LogP contribution in [-0.4, -0.2) is 28.1 Å². The normalized spacial score (nSPS) is 23.1. The molecule has 2 atom stereocenters. The number of nitrogens with one attached hydrogen (secondary N) is 1. The summed E-state index contributed by atoms with van der Waals surface area (Å²) in [6.07, 6.45) is 3.04. The molecule has 162 valence electrons. The largest absolute Gasteiger partial charge is 0.508 e. The van der Waals surface area contributed by atoms with Gasteiger partial charge in [-0.05, 0) is 72.7 Å². The molecule has 1 aliphatic carbocycles. The van der Waals surface area contributed by atoms with Crippen LogP contribution in [-0.2, 0) is 24.8 Å². The summed E-state index contributed by atoms with van der Waals surface area (Å²) >= 11 is 6.66. The van der Waals surface area contributed by atoms with Gasteiger partial charge in [-0.3, -0.25) is 4.90 Å². The predicted molar refractivity (Wildman–Crippen MR) is 130 cm³/mol. The number of hydrogen-bond donors (Lipinski definition) is 2. The van der Waals surface area contributed by atoms with Crippen LogP contribution in [0.1, 0.15) is 28.8 Å². The Labute approximate surface area is 193 Å². The fourth-order valence-electron chi connectivity index (χ4n) is 6.18. The molecule has 2 heterocycles. The van der Waals surface area contributed by atoms with E-state index in [1.54, 1.807) is 6.07 Å². The number of benzene rings is 3. The van der Waals surface area contributed by atoms with Crippen LogP contribution in [0.5, 0.6) is 5.75 Å². The summed E-state index contributed by atoms with van der Waals surface area (Å²) in [5.41, 5.74) is 6.47. The lowest BCUT2D eigenvalue weighted by molar-refractivity contribution is 0.0765. The van der Waals surface area contributed by atoms with Gasteiger partial charge in [0.25, 0.3) is 0 Å². The quantitative estimate of drug-likeness (QED) is 0.403. The number of rotatable bonds is 3. The molecule has 0 spiro atoms. The smallest absolute Gasteiger partial charge is 0.115 e. The van der Waals surface area contributed by atoms with Crippen molar-refractivity contribution < 1.29 is 5.11 Å². The molecule has 1 fully saturated rings. The summed E-state index contributed by atoms with van der Waals surface area (Å²) in [6, 6.07) is 24.9. The number of piperidine rings is 1. The third kappa shape index (κ3) is 3.23. The van der Waals surface area contributed by atoms with E-state index in [0.29, 0.717) is 11.7 Å². The minimum atomic E-state index is 0.0201. The fourth-order valence-corrected chi connectivity index (χ4v) is 6.47. The van der Waals surface area contributed by atoms with Crippen LogP contribution in [0, 0.1) is 5.92 Å². The molecule has 0 bridgehead atoms. The molecular formula is C28H27ClN2O. The molecule has 4 heteroatoms. The number of halogens is 1. The molecule has 2 unspecified atom stereocenters. The van der Waals surface area contributed by atoms with Gasteiger partial charge < -0.3 is 10.1 Å². The summed E-state index contributed by atoms with van der Waals surface area (Å²) in [4.78, 5) is 6.29. The van der Waals surface area contributed by atoms with Crippen molar-refractivity contribution in [2.24, 2.45) is 5.92 Å². The second kappa shape index (κ2) is 7.68. The molecule has 6 rings (SSSR count). The van der Waals surface area contributed by atoms with E-state index in [2.05, 4.69) is 52.3 Å². The van der Waals surface area contributed by atoms with Crippen molar-refractivity contribution in [3.05, 3.63) is 100 Å². The predicted octanol–water partition coefficient (Wildman–Crippen LogP) is 6.09. The topological polar surface area (TPSA) is 39.3 Å². The van der Waals surface area contributed by atoms with Gasteiger partial charge in [0.05, 0.1) is 5.02 Å². The fraction of sp³-hybridized carbons (Fsp3) is 0.286. The van der Waals surface area contributed by atoms with Crippen molar-refractivity contribution in [1.29, 1.82) is 0 Å². The number of aromatic hydroxyl groups is 1. The van der Waals surface area contributed by atoms with E-state index in [1.165, 1.54) is 27.8 Å².